The van der Waals surface area contributed by atoms with Gasteiger partial charge in [-0.1, -0.05) is 0 Å². The molecule has 0 saturated carbocycles. The van der Waals surface area contributed by atoms with E-state index in [1.54, 1.807) is 0 Å². The van der Waals surface area contributed by atoms with Gasteiger partial charge in [-0.05, 0) is 34.1 Å². The highest BCUT2D eigenvalue weighted by atomic mass is 79.9. The fourth-order valence-corrected chi connectivity index (χ4v) is 1.68. The Bertz CT molecular complexity index is 514. The summed E-state index contributed by atoms with van der Waals surface area (Å²) in [6.07, 6.45) is -2.55. The molecule has 0 heterocycles. The van der Waals surface area contributed by atoms with Crippen LogP contribution in [0.15, 0.2) is 22.7 Å². The van der Waals surface area contributed by atoms with E-state index in [2.05, 4.69) is 31.3 Å². The van der Waals surface area contributed by atoms with Crippen molar-refractivity contribution in [1.82, 2.24) is 5.32 Å². The standard InChI is InChI=1S/C12H13BrF2N2O4/c13-8-2-1-7(11(18)19)5-9(8)17-12(20)16-3-4-21-6-10(14)15/h1-2,5,10H,3-4,6H2,(H,18,19)(H2,16,17,20). The van der Waals surface area contributed by atoms with Crippen LogP contribution in [0.2, 0.25) is 0 Å². The molecule has 3 N–H and O–H groups in total. The van der Waals surface area contributed by atoms with Gasteiger partial charge in [-0.2, -0.15) is 0 Å². The highest BCUT2D eigenvalue weighted by Gasteiger charge is 2.09. The second kappa shape index (κ2) is 8.53. The first-order valence-corrected chi connectivity index (χ1v) is 6.63. The van der Waals surface area contributed by atoms with Gasteiger partial charge in [-0.3, -0.25) is 0 Å². The van der Waals surface area contributed by atoms with Crippen LogP contribution in [0.5, 0.6) is 0 Å². The lowest BCUT2D eigenvalue weighted by molar-refractivity contribution is 0.0194. The Balaban J connectivity index is 2.44. The van der Waals surface area contributed by atoms with Gasteiger partial charge in [-0.15, -0.1) is 0 Å². The monoisotopic (exact) mass is 366 g/mol. The summed E-state index contributed by atoms with van der Waals surface area (Å²) in [5.41, 5.74) is 0.301. The number of urea groups is 1. The van der Waals surface area contributed by atoms with Gasteiger partial charge in [-0.25, -0.2) is 18.4 Å². The Hall–Kier alpha value is -1.74. The highest BCUT2D eigenvalue weighted by molar-refractivity contribution is 9.10. The fraction of sp³-hybridized carbons (Fsp3) is 0.333. The maximum absolute atomic E-state index is 11.8. The van der Waals surface area contributed by atoms with Crippen LogP contribution in [0.3, 0.4) is 0 Å². The van der Waals surface area contributed by atoms with Gasteiger partial charge in [0.25, 0.3) is 6.43 Å². The van der Waals surface area contributed by atoms with Crippen molar-refractivity contribution in [3.63, 3.8) is 0 Å². The van der Waals surface area contributed by atoms with Crippen molar-refractivity contribution in [2.45, 2.75) is 6.43 Å². The second-order valence-corrected chi connectivity index (χ2v) is 4.70. The topological polar surface area (TPSA) is 87.7 Å². The molecule has 0 aliphatic heterocycles. The molecule has 0 spiro atoms. The summed E-state index contributed by atoms with van der Waals surface area (Å²) < 4.78 is 28.7. The van der Waals surface area contributed by atoms with Crippen LogP contribution in [0.25, 0.3) is 0 Å². The molecule has 6 nitrogen and oxygen atoms in total. The van der Waals surface area contributed by atoms with Crippen molar-refractivity contribution in [3.8, 4) is 0 Å². The quantitative estimate of drug-likeness (QED) is 0.647. The Morgan fingerprint density at radius 3 is 2.71 bits per heavy atom. The van der Waals surface area contributed by atoms with Crippen molar-refractivity contribution in [2.75, 3.05) is 25.1 Å². The lowest BCUT2D eigenvalue weighted by Gasteiger charge is -2.10. The zero-order chi connectivity index (χ0) is 15.8. The minimum atomic E-state index is -2.55. The highest BCUT2D eigenvalue weighted by Crippen LogP contribution is 2.23. The van der Waals surface area contributed by atoms with Crippen molar-refractivity contribution in [3.05, 3.63) is 28.2 Å². The van der Waals surface area contributed by atoms with Gasteiger partial charge >= 0.3 is 12.0 Å². The molecule has 0 fully saturated rings. The number of hydrogen-bond donors (Lipinski definition) is 3. The number of hydrogen-bond acceptors (Lipinski definition) is 3. The molecule has 0 bridgehead atoms. The van der Waals surface area contributed by atoms with Crippen LogP contribution >= 0.6 is 15.9 Å². The van der Waals surface area contributed by atoms with Gasteiger partial charge in [0, 0.05) is 11.0 Å². The van der Waals surface area contributed by atoms with Gasteiger partial charge in [0.2, 0.25) is 0 Å². The molecular weight excluding hydrogens is 354 g/mol. The Morgan fingerprint density at radius 1 is 1.38 bits per heavy atom. The summed E-state index contributed by atoms with van der Waals surface area (Å²) in [4.78, 5) is 22.4. The summed E-state index contributed by atoms with van der Waals surface area (Å²) in [7, 11) is 0. The minimum absolute atomic E-state index is 0.0220. The smallest absolute Gasteiger partial charge is 0.335 e. The maximum Gasteiger partial charge on any atom is 0.335 e. The average molecular weight is 367 g/mol. The summed E-state index contributed by atoms with van der Waals surface area (Å²) in [5, 5.41) is 13.7. The third kappa shape index (κ3) is 6.50. The molecule has 0 radical (unpaired) electrons. The van der Waals surface area contributed by atoms with Gasteiger partial charge in [0.05, 0.1) is 17.9 Å². The zero-order valence-corrected chi connectivity index (χ0v) is 12.3. The number of carbonyl (C=O) groups excluding carboxylic acids is 1. The molecule has 21 heavy (non-hydrogen) atoms. The molecule has 9 heteroatoms. The molecule has 0 unspecified atom stereocenters. The second-order valence-electron chi connectivity index (χ2n) is 3.85. The predicted molar refractivity (Wildman–Crippen MR) is 74.9 cm³/mol. The maximum atomic E-state index is 11.8. The first kappa shape index (κ1) is 17.3. The van der Waals surface area contributed by atoms with E-state index in [4.69, 9.17) is 5.11 Å². The van der Waals surface area contributed by atoms with E-state index < -0.39 is 25.0 Å². The third-order valence-corrected chi connectivity index (χ3v) is 2.93. The molecule has 1 aromatic rings. The van der Waals surface area contributed by atoms with E-state index in [9.17, 15) is 18.4 Å². The minimum Gasteiger partial charge on any atom is -0.478 e. The third-order valence-electron chi connectivity index (χ3n) is 2.24. The molecule has 1 rings (SSSR count). The van der Waals surface area contributed by atoms with Crippen molar-refractivity contribution in [1.29, 1.82) is 0 Å². The molecule has 0 aliphatic rings. The average Bonchev–Trinajstić information content (AvgIpc) is 2.40. The normalized spacial score (nSPS) is 10.5. The number of halogens is 3. The predicted octanol–water partition coefficient (Wildman–Crippen LogP) is 2.55. The number of carboxylic acids is 1. The van der Waals surface area contributed by atoms with Crippen LogP contribution in [-0.4, -0.2) is 43.3 Å². The number of amides is 2. The molecule has 0 atom stereocenters. The number of rotatable bonds is 7. The molecule has 1 aromatic carbocycles. The molecule has 0 aliphatic carbocycles. The van der Waals surface area contributed by atoms with E-state index in [1.165, 1.54) is 18.2 Å². The Morgan fingerprint density at radius 2 is 2.10 bits per heavy atom. The summed E-state index contributed by atoms with van der Waals surface area (Å²) in [5.74, 6) is -1.12. The van der Waals surface area contributed by atoms with E-state index in [0.29, 0.717) is 4.47 Å². The van der Waals surface area contributed by atoms with Crippen LogP contribution in [-0.2, 0) is 4.74 Å². The van der Waals surface area contributed by atoms with E-state index in [0.717, 1.165) is 0 Å². The molecule has 116 valence electrons. The number of anilines is 1. The lowest BCUT2D eigenvalue weighted by atomic mass is 10.2. The number of nitrogens with one attached hydrogen (secondary N) is 2. The summed E-state index contributed by atoms with van der Waals surface area (Å²) in [6.45, 7) is -0.682. The summed E-state index contributed by atoms with van der Waals surface area (Å²) in [6, 6.07) is 3.57. The molecular formula is C12H13BrF2N2O4. The van der Waals surface area contributed by atoms with Gasteiger partial charge in [0.15, 0.2) is 0 Å². The first-order chi connectivity index (χ1) is 9.90. The van der Waals surface area contributed by atoms with Crippen molar-refractivity contribution in [2.24, 2.45) is 0 Å². The summed E-state index contributed by atoms with van der Waals surface area (Å²) >= 11 is 3.17. The number of benzene rings is 1. The zero-order valence-electron chi connectivity index (χ0n) is 10.7. The van der Waals surface area contributed by atoms with E-state index in [1.807, 2.05) is 0 Å². The number of carboxylic acid groups (broad SMARTS) is 1. The molecule has 0 aromatic heterocycles. The number of alkyl halides is 2. The molecule has 0 saturated heterocycles. The number of ether oxygens (including phenoxy) is 1. The fourth-order valence-electron chi connectivity index (χ4n) is 1.33. The van der Waals surface area contributed by atoms with Crippen LogP contribution in [0.4, 0.5) is 19.3 Å². The van der Waals surface area contributed by atoms with Gasteiger partial charge in [0.1, 0.15) is 6.61 Å². The Labute approximate surface area is 127 Å². The lowest BCUT2D eigenvalue weighted by Crippen LogP contribution is -2.32. The van der Waals surface area contributed by atoms with E-state index >= 15 is 0 Å². The van der Waals surface area contributed by atoms with Crippen LogP contribution < -0.4 is 10.6 Å². The first-order valence-electron chi connectivity index (χ1n) is 5.83. The van der Waals surface area contributed by atoms with Crippen molar-refractivity contribution < 1.29 is 28.2 Å². The number of carbonyl (C=O) groups is 2. The Kier molecular flexibility index (Phi) is 7.03. The van der Waals surface area contributed by atoms with Crippen LogP contribution in [0, 0.1) is 0 Å². The SMILES string of the molecule is O=C(NCCOCC(F)F)Nc1cc(C(=O)O)ccc1Br. The van der Waals surface area contributed by atoms with E-state index in [-0.39, 0.29) is 24.4 Å². The molecule has 2 amide bonds. The van der Waals surface area contributed by atoms with Gasteiger partial charge < -0.3 is 20.5 Å². The van der Waals surface area contributed by atoms with Crippen LogP contribution in [0.1, 0.15) is 10.4 Å². The number of aromatic carboxylic acids is 1. The largest absolute Gasteiger partial charge is 0.478 e. The van der Waals surface area contributed by atoms with Crippen molar-refractivity contribution >= 4 is 33.6 Å².